The van der Waals surface area contributed by atoms with Crippen LogP contribution in [0, 0.1) is 0 Å². The molecule has 1 aliphatic heterocycles. The Hall–Kier alpha value is -3.54. The Kier molecular flexibility index (Phi) is 6.04. The molecular weight excluding hydrogens is 402 g/mol. The van der Waals surface area contributed by atoms with Crippen molar-refractivity contribution in [3.8, 4) is 0 Å². The van der Waals surface area contributed by atoms with Crippen LogP contribution in [0.1, 0.15) is 44.4 Å². The number of nitrogens with zero attached hydrogens (tertiary/aromatic N) is 2. The van der Waals surface area contributed by atoms with Crippen LogP contribution in [0.15, 0.2) is 60.3 Å². The third kappa shape index (κ3) is 3.55. The van der Waals surface area contributed by atoms with Gasteiger partial charge in [-0.3, -0.25) is 9.59 Å². The van der Waals surface area contributed by atoms with Gasteiger partial charge < -0.3 is 19.9 Å². The molecule has 1 atom stereocenters. The maximum Gasteiger partial charge on any atom is 0.295 e. The van der Waals surface area contributed by atoms with Crippen LogP contribution in [0.4, 0.5) is 5.69 Å². The van der Waals surface area contributed by atoms with Crippen LogP contribution in [-0.2, 0) is 9.59 Å². The Labute approximate surface area is 188 Å². The van der Waals surface area contributed by atoms with E-state index in [4.69, 9.17) is 0 Å². The number of Topliss-reactive ketones (excluding diaryl/α,β-unsaturated/α-hetero) is 1. The Bertz CT molecular complexity index is 1170. The summed E-state index contributed by atoms with van der Waals surface area (Å²) in [6.07, 6.45) is 2.40. The molecule has 2 heterocycles. The van der Waals surface area contributed by atoms with Gasteiger partial charge in [-0.2, -0.15) is 0 Å². The fourth-order valence-electron chi connectivity index (χ4n) is 4.57. The first kappa shape index (κ1) is 21.7. The predicted octanol–water partition coefficient (Wildman–Crippen LogP) is 4.85. The van der Waals surface area contributed by atoms with Gasteiger partial charge in [0.05, 0.1) is 11.6 Å². The Morgan fingerprint density at radius 3 is 2.38 bits per heavy atom. The second-order valence-electron chi connectivity index (χ2n) is 8.00. The second kappa shape index (κ2) is 8.91. The number of fused-ring (bicyclic) bond motifs is 1. The molecule has 166 valence electrons. The van der Waals surface area contributed by atoms with Gasteiger partial charge in [0.15, 0.2) is 0 Å². The van der Waals surface area contributed by atoms with Gasteiger partial charge in [-0.1, -0.05) is 37.3 Å². The number of rotatable bonds is 7. The van der Waals surface area contributed by atoms with E-state index >= 15 is 0 Å². The summed E-state index contributed by atoms with van der Waals surface area (Å²) in [5.74, 6) is -1.35. The van der Waals surface area contributed by atoms with Crippen molar-refractivity contribution >= 4 is 34.0 Å². The molecule has 2 N–H and O–H groups in total. The third-order valence-electron chi connectivity index (χ3n) is 6.19. The first-order valence-electron chi connectivity index (χ1n) is 11.2. The average molecular weight is 432 g/mol. The minimum absolute atomic E-state index is 0.141. The van der Waals surface area contributed by atoms with Crippen LogP contribution in [0.3, 0.4) is 0 Å². The van der Waals surface area contributed by atoms with Crippen molar-refractivity contribution in [1.82, 2.24) is 9.88 Å². The Balaban J connectivity index is 1.85. The van der Waals surface area contributed by atoms with Crippen LogP contribution in [-0.4, -0.2) is 46.3 Å². The fraction of sp³-hybridized carbons (Fsp3) is 0.308. The number of benzene rings is 2. The number of nitrogens with one attached hydrogen (secondary N) is 1. The summed E-state index contributed by atoms with van der Waals surface area (Å²) < 4.78 is 0. The number of anilines is 1. The molecule has 1 saturated heterocycles. The molecule has 0 spiro atoms. The van der Waals surface area contributed by atoms with Crippen LogP contribution in [0.5, 0.6) is 0 Å². The van der Waals surface area contributed by atoms with Crippen LogP contribution in [0.25, 0.3) is 16.7 Å². The summed E-state index contributed by atoms with van der Waals surface area (Å²) in [7, 11) is 0. The summed E-state index contributed by atoms with van der Waals surface area (Å²) in [4.78, 5) is 32.9. The van der Waals surface area contributed by atoms with Gasteiger partial charge in [-0.05, 0) is 44.0 Å². The van der Waals surface area contributed by atoms with E-state index in [1.807, 2.05) is 55.5 Å². The number of ketones is 1. The van der Waals surface area contributed by atoms with Gasteiger partial charge in [0.25, 0.3) is 11.7 Å². The minimum Gasteiger partial charge on any atom is -0.507 e. The maximum atomic E-state index is 13.1. The van der Waals surface area contributed by atoms with Gasteiger partial charge in [0.2, 0.25) is 0 Å². The molecule has 2 aromatic carbocycles. The zero-order valence-corrected chi connectivity index (χ0v) is 18.8. The average Bonchev–Trinajstić information content (AvgIpc) is 3.35. The summed E-state index contributed by atoms with van der Waals surface area (Å²) in [6.45, 7) is 8.41. The number of aliphatic hydroxyl groups excluding tert-OH is 1. The number of para-hydroxylation sites is 1. The van der Waals surface area contributed by atoms with E-state index in [9.17, 15) is 14.7 Å². The van der Waals surface area contributed by atoms with Gasteiger partial charge in [0.1, 0.15) is 5.76 Å². The molecule has 1 aromatic heterocycles. The lowest BCUT2D eigenvalue weighted by Gasteiger charge is -2.26. The van der Waals surface area contributed by atoms with E-state index in [1.165, 1.54) is 0 Å². The molecule has 1 aliphatic rings. The quantitative estimate of drug-likeness (QED) is 0.319. The largest absolute Gasteiger partial charge is 0.507 e. The van der Waals surface area contributed by atoms with Crippen molar-refractivity contribution in [1.29, 1.82) is 0 Å². The topological polar surface area (TPSA) is 76.6 Å². The molecule has 1 amide bonds. The normalized spacial score (nSPS) is 18.0. The number of carbonyl (C=O) groups is 2. The number of carbonyl (C=O) groups excluding carboxylic acids is 2. The minimum atomic E-state index is -0.640. The Morgan fingerprint density at radius 1 is 1.03 bits per heavy atom. The summed E-state index contributed by atoms with van der Waals surface area (Å²) >= 11 is 0. The zero-order valence-electron chi connectivity index (χ0n) is 18.8. The molecule has 0 radical (unpaired) electrons. The highest BCUT2D eigenvalue weighted by atomic mass is 16.3. The van der Waals surface area contributed by atoms with E-state index in [1.54, 1.807) is 11.1 Å². The molecule has 4 rings (SSSR count). The highest BCUT2D eigenvalue weighted by molar-refractivity contribution is 6.46. The highest BCUT2D eigenvalue weighted by Crippen LogP contribution is 2.41. The van der Waals surface area contributed by atoms with Crippen LogP contribution >= 0.6 is 0 Å². The van der Waals surface area contributed by atoms with E-state index in [-0.39, 0.29) is 11.3 Å². The molecule has 6 heteroatoms. The van der Waals surface area contributed by atoms with Crippen molar-refractivity contribution < 1.29 is 14.7 Å². The third-order valence-corrected chi connectivity index (χ3v) is 6.19. The molecule has 3 aromatic rings. The van der Waals surface area contributed by atoms with Crippen LogP contribution < -0.4 is 4.90 Å². The number of likely N-dealkylation sites (tertiary alicyclic amines) is 1. The number of aromatic nitrogens is 1. The van der Waals surface area contributed by atoms with Gasteiger partial charge in [-0.25, -0.2) is 0 Å². The molecule has 6 nitrogen and oxygen atoms in total. The Morgan fingerprint density at radius 2 is 1.72 bits per heavy atom. The summed E-state index contributed by atoms with van der Waals surface area (Å²) in [5, 5.41) is 12.1. The molecule has 1 unspecified atom stereocenters. The van der Waals surface area contributed by atoms with Crippen molar-refractivity contribution in [2.75, 3.05) is 24.5 Å². The molecule has 1 fully saturated rings. The van der Waals surface area contributed by atoms with Crippen molar-refractivity contribution in [2.24, 2.45) is 0 Å². The van der Waals surface area contributed by atoms with E-state index in [0.717, 1.165) is 35.2 Å². The van der Waals surface area contributed by atoms with E-state index in [2.05, 4.69) is 23.7 Å². The lowest BCUT2D eigenvalue weighted by Crippen LogP contribution is -2.30. The van der Waals surface area contributed by atoms with Crippen molar-refractivity contribution in [2.45, 2.75) is 33.2 Å². The number of H-pyrrole nitrogens is 1. The predicted molar refractivity (Wildman–Crippen MR) is 128 cm³/mol. The molecule has 0 bridgehead atoms. The van der Waals surface area contributed by atoms with Gasteiger partial charge in [-0.15, -0.1) is 0 Å². The smallest absolute Gasteiger partial charge is 0.295 e. The molecule has 0 saturated carbocycles. The standard InChI is InChI=1S/C26H29N3O3/c1-4-15-29-23(17-11-13-18(14-12-17)28(5-2)6-3)22(25(31)26(29)32)24(30)20-16-27-21-10-8-7-9-19(20)21/h7-14,16,23,27,30H,4-6,15H2,1-3H3/b24-22-. The molecule has 0 aliphatic carbocycles. The van der Waals surface area contributed by atoms with E-state index < -0.39 is 17.7 Å². The first-order valence-corrected chi connectivity index (χ1v) is 11.2. The monoisotopic (exact) mass is 431 g/mol. The number of aliphatic hydroxyl groups is 1. The summed E-state index contributed by atoms with van der Waals surface area (Å²) in [6, 6.07) is 14.9. The number of amides is 1. The van der Waals surface area contributed by atoms with E-state index in [0.29, 0.717) is 18.5 Å². The summed E-state index contributed by atoms with van der Waals surface area (Å²) in [5.41, 5.74) is 3.43. The SMILES string of the molecule is CCCN1C(=O)C(=O)/C(=C(\O)c2c[nH]c3ccccc23)C1c1ccc(N(CC)CC)cc1. The van der Waals surface area contributed by atoms with Gasteiger partial charge in [0, 0.05) is 48.0 Å². The molecule has 32 heavy (non-hydrogen) atoms. The van der Waals surface area contributed by atoms with Crippen LogP contribution in [0.2, 0.25) is 0 Å². The lowest BCUT2D eigenvalue weighted by atomic mass is 9.95. The first-order chi connectivity index (χ1) is 15.5. The number of hydrogen-bond acceptors (Lipinski definition) is 4. The number of aromatic amines is 1. The lowest BCUT2D eigenvalue weighted by molar-refractivity contribution is -0.139. The maximum absolute atomic E-state index is 13.1. The van der Waals surface area contributed by atoms with Gasteiger partial charge >= 0.3 is 0 Å². The highest BCUT2D eigenvalue weighted by Gasteiger charge is 2.45. The fourth-order valence-corrected chi connectivity index (χ4v) is 4.57. The number of hydrogen-bond donors (Lipinski definition) is 2. The molecular formula is C26H29N3O3. The second-order valence-corrected chi connectivity index (χ2v) is 8.00. The zero-order chi connectivity index (χ0) is 22.8. The van der Waals surface area contributed by atoms with Crippen molar-refractivity contribution in [3.05, 3.63) is 71.4 Å². The van der Waals surface area contributed by atoms with Crippen molar-refractivity contribution in [3.63, 3.8) is 0 Å².